The van der Waals surface area contributed by atoms with E-state index in [0.717, 1.165) is 19.5 Å². The van der Waals surface area contributed by atoms with E-state index in [0.29, 0.717) is 16.9 Å². The third kappa shape index (κ3) is 1.60. The first kappa shape index (κ1) is 10.0. The fourth-order valence-corrected chi connectivity index (χ4v) is 1.90. The summed E-state index contributed by atoms with van der Waals surface area (Å²) < 4.78 is 0. The molecule has 2 aromatic rings. The molecule has 2 heterocycles. The number of carboxylic acid groups (broad SMARTS) is 1. The molecule has 3 rings (SSSR count). The molecule has 17 heavy (non-hydrogen) atoms. The second kappa shape index (κ2) is 3.69. The topological polar surface area (TPSA) is 66.3 Å². The number of carbonyl (C=O) groups is 1. The number of hydrogen-bond acceptors (Lipinski definition) is 4. The zero-order valence-electron chi connectivity index (χ0n) is 9.13. The summed E-state index contributed by atoms with van der Waals surface area (Å²) in [6.07, 6.45) is 2.76. The molecule has 1 aliphatic heterocycles. The highest BCUT2D eigenvalue weighted by atomic mass is 16.4. The van der Waals surface area contributed by atoms with Gasteiger partial charge in [0.15, 0.2) is 0 Å². The third-order valence-corrected chi connectivity index (χ3v) is 2.98. The normalized spacial score (nSPS) is 14.7. The number of carboxylic acids is 1. The van der Waals surface area contributed by atoms with Crippen LogP contribution in [0.25, 0.3) is 10.9 Å². The first-order valence-electron chi connectivity index (χ1n) is 5.50. The average molecular weight is 229 g/mol. The molecule has 1 fully saturated rings. The number of rotatable bonds is 2. The molecule has 0 atom stereocenters. The van der Waals surface area contributed by atoms with Crippen LogP contribution in [-0.4, -0.2) is 34.1 Å². The highest BCUT2D eigenvalue weighted by Crippen LogP contribution is 2.21. The molecule has 1 N–H and O–H groups in total. The molecule has 0 bridgehead atoms. The van der Waals surface area contributed by atoms with Crippen LogP contribution in [0.4, 0.5) is 5.95 Å². The van der Waals surface area contributed by atoms with E-state index in [-0.39, 0.29) is 5.56 Å². The lowest BCUT2D eigenvalue weighted by molar-refractivity contribution is 0.0699. The summed E-state index contributed by atoms with van der Waals surface area (Å²) in [5.74, 6) is -0.262. The van der Waals surface area contributed by atoms with Gasteiger partial charge in [-0.1, -0.05) is 6.07 Å². The second-order valence-electron chi connectivity index (χ2n) is 4.05. The molecule has 1 aromatic heterocycles. The van der Waals surface area contributed by atoms with Crippen molar-refractivity contribution in [1.29, 1.82) is 0 Å². The van der Waals surface area contributed by atoms with Gasteiger partial charge in [-0.05, 0) is 18.6 Å². The van der Waals surface area contributed by atoms with Gasteiger partial charge in [0.2, 0.25) is 5.95 Å². The minimum Gasteiger partial charge on any atom is -0.478 e. The van der Waals surface area contributed by atoms with Crippen LogP contribution >= 0.6 is 0 Å². The Morgan fingerprint density at radius 1 is 1.35 bits per heavy atom. The standard InChI is InChI=1S/C12H11N3O2/c16-11(17)8-3-1-4-10-9(8)7-13-12(14-10)15-5-2-6-15/h1,3-4,7H,2,5-6H2,(H,16,17). The lowest BCUT2D eigenvalue weighted by atomic mass is 10.1. The smallest absolute Gasteiger partial charge is 0.336 e. The number of hydrogen-bond donors (Lipinski definition) is 1. The molecule has 0 radical (unpaired) electrons. The number of nitrogens with zero attached hydrogens (tertiary/aromatic N) is 3. The SMILES string of the molecule is O=C(O)c1cccc2nc(N3CCC3)ncc12. The summed E-state index contributed by atoms with van der Waals surface area (Å²) in [7, 11) is 0. The van der Waals surface area contributed by atoms with Gasteiger partial charge in [0.05, 0.1) is 11.1 Å². The highest BCUT2D eigenvalue weighted by Gasteiger charge is 2.18. The zero-order valence-corrected chi connectivity index (χ0v) is 9.13. The monoisotopic (exact) mass is 229 g/mol. The maximum absolute atomic E-state index is 11.0. The first-order valence-corrected chi connectivity index (χ1v) is 5.50. The molecule has 0 saturated carbocycles. The lowest BCUT2D eigenvalue weighted by Crippen LogP contribution is -2.38. The largest absolute Gasteiger partial charge is 0.478 e. The van der Waals surface area contributed by atoms with Crippen LogP contribution in [0.5, 0.6) is 0 Å². The molecule has 0 amide bonds. The molecule has 5 heteroatoms. The predicted molar refractivity (Wildman–Crippen MR) is 63.3 cm³/mol. The van der Waals surface area contributed by atoms with Crippen molar-refractivity contribution in [3.05, 3.63) is 30.0 Å². The lowest BCUT2D eigenvalue weighted by Gasteiger charge is -2.30. The van der Waals surface area contributed by atoms with Gasteiger partial charge in [0.1, 0.15) is 0 Å². The van der Waals surface area contributed by atoms with Crippen molar-refractivity contribution in [2.45, 2.75) is 6.42 Å². The Kier molecular flexibility index (Phi) is 2.18. The zero-order chi connectivity index (χ0) is 11.8. The van der Waals surface area contributed by atoms with Crippen LogP contribution in [0.2, 0.25) is 0 Å². The van der Waals surface area contributed by atoms with Crippen molar-refractivity contribution in [1.82, 2.24) is 9.97 Å². The molecule has 86 valence electrons. The van der Waals surface area contributed by atoms with Gasteiger partial charge in [0, 0.05) is 24.7 Å². The Hall–Kier alpha value is -2.17. The Morgan fingerprint density at radius 2 is 2.18 bits per heavy atom. The third-order valence-electron chi connectivity index (χ3n) is 2.98. The number of aromatic carboxylic acids is 1. The number of benzene rings is 1. The Morgan fingerprint density at radius 3 is 2.82 bits per heavy atom. The highest BCUT2D eigenvalue weighted by molar-refractivity contribution is 6.02. The Bertz CT molecular complexity index is 593. The summed E-state index contributed by atoms with van der Waals surface area (Å²) in [6.45, 7) is 1.95. The van der Waals surface area contributed by atoms with E-state index in [4.69, 9.17) is 5.11 Å². The Labute approximate surface area is 97.7 Å². The van der Waals surface area contributed by atoms with E-state index in [1.165, 1.54) is 0 Å². The van der Waals surface area contributed by atoms with Crippen LogP contribution in [-0.2, 0) is 0 Å². The van der Waals surface area contributed by atoms with Crippen molar-refractivity contribution in [2.75, 3.05) is 18.0 Å². The maximum Gasteiger partial charge on any atom is 0.336 e. The van der Waals surface area contributed by atoms with Crippen molar-refractivity contribution < 1.29 is 9.90 Å². The number of fused-ring (bicyclic) bond motifs is 1. The molecule has 5 nitrogen and oxygen atoms in total. The van der Waals surface area contributed by atoms with E-state index in [1.807, 2.05) is 6.07 Å². The molecular formula is C12H11N3O2. The minimum atomic E-state index is -0.948. The number of aromatic nitrogens is 2. The Balaban J connectivity index is 2.14. The van der Waals surface area contributed by atoms with E-state index in [1.54, 1.807) is 18.3 Å². The fourth-order valence-electron chi connectivity index (χ4n) is 1.90. The summed E-state index contributed by atoms with van der Waals surface area (Å²) in [5.41, 5.74) is 0.930. The van der Waals surface area contributed by atoms with Gasteiger partial charge in [-0.15, -0.1) is 0 Å². The van der Waals surface area contributed by atoms with Gasteiger partial charge in [-0.3, -0.25) is 0 Å². The van der Waals surface area contributed by atoms with E-state index < -0.39 is 5.97 Å². The van der Waals surface area contributed by atoms with Crippen molar-refractivity contribution in [3.63, 3.8) is 0 Å². The van der Waals surface area contributed by atoms with Crippen molar-refractivity contribution in [3.8, 4) is 0 Å². The molecular weight excluding hydrogens is 218 g/mol. The van der Waals surface area contributed by atoms with Crippen LogP contribution in [0.1, 0.15) is 16.8 Å². The van der Waals surface area contributed by atoms with Gasteiger partial charge >= 0.3 is 5.97 Å². The molecule has 1 aliphatic rings. The van der Waals surface area contributed by atoms with Gasteiger partial charge in [0.25, 0.3) is 0 Å². The number of anilines is 1. The first-order chi connectivity index (χ1) is 8.25. The molecule has 1 aromatic carbocycles. The predicted octanol–water partition coefficient (Wildman–Crippen LogP) is 1.54. The molecule has 0 unspecified atom stereocenters. The molecule has 0 spiro atoms. The van der Waals surface area contributed by atoms with E-state index in [9.17, 15) is 4.79 Å². The molecule has 0 aliphatic carbocycles. The van der Waals surface area contributed by atoms with Gasteiger partial charge in [-0.2, -0.15) is 0 Å². The fraction of sp³-hybridized carbons (Fsp3) is 0.250. The van der Waals surface area contributed by atoms with Crippen LogP contribution in [0.15, 0.2) is 24.4 Å². The quantitative estimate of drug-likeness (QED) is 0.846. The summed E-state index contributed by atoms with van der Waals surface area (Å²) in [4.78, 5) is 21.7. The van der Waals surface area contributed by atoms with Crippen molar-refractivity contribution >= 4 is 22.8 Å². The summed E-state index contributed by atoms with van der Waals surface area (Å²) >= 11 is 0. The maximum atomic E-state index is 11.0. The molecule has 1 saturated heterocycles. The van der Waals surface area contributed by atoms with Gasteiger partial charge in [-0.25, -0.2) is 14.8 Å². The summed E-state index contributed by atoms with van der Waals surface area (Å²) in [6, 6.07) is 5.09. The van der Waals surface area contributed by atoms with Gasteiger partial charge < -0.3 is 10.0 Å². The van der Waals surface area contributed by atoms with E-state index >= 15 is 0 Å². The van der Waals surface area contributed by atoms with Crippen LogP contribution in [0.3, 0.4) is 0 Å². The second-order valence-corrected chi connectivity index (χ2v) is 4.05. The van der Waals surface area contributed by atoms with Crippen LogP contribution < -0.4 is 4.90 Å². The van der Waals surface area contributed by atoms with E-state index in [2.05, 4.69) is 14.9 Å². The van der Waals surface area contributed by atoms with Crippen molar-refractivity contribution in [2.24, 2.45) is 0 Å². The van der Waals surface area contributed by atoms with Crippen LogP contribution in [0, 0.1) is 0 Å². The minimum absolute atomic E-state index is 0.248. The average Bonchev–Trinajstić information content (AvgIpc) is 2.25. The summed E-state index contributed by atoms with van der Waals surface area (Å²) in [5, 5.41) is 9.64.